The fourth-order valence-electron chi connectivity index (χ4n) is 2.80. The molecule has 0 spiro atoms. The van der Waals surface area contributed by atoms with E-state index in [0.717, 1.165) is 39.0 Å². The third-order valence-electron chi connectivity index (χ3n) is 3.95. The molecule has 0 saturated carbocycles. The fourth-order valence-corrected chi connectivity index (χ4v) is 2.80. The lowest BCUT2D eigenvalue weighted by atomic mass is 9.95. The van der Waals surface area contributed by atoms with Crippen LogP contribution < -0.4 is 5.32 Å². The van der Waals surface area contributed by atoms with Crippen molar-refractivity contribution in [1.29, 1.82) is 0 Å². The molecule has 1 fully saturated rings. The van der Waals surface area contributed by atoms with E-state index in [2.05, 4.69) is 24.1 Å². The van der Waals surface area contributed by atoms with Gasteiger partial charge in [-0.25, -0.2) is 8.78 Å². The zero-order valence-electron chi connectivity index (χ0n) is 12.3. The van der Waals surface area contributed by atoms with Gasteiger partial charge in [0.1, 0.15) is 0 Å². The molecule has 0 radical (unpaired) electrons. The van der Waals surface area contributed by atoms with Crippen LogP contribution in [0.4, 0.5) is 8.78 Å². The Balaban J connectivity index is 2.22. The zero-order valence-corrected chi connectivity index (χ0v) is 12.3. The van der Waals surface area contributed by atoms with Gasteiger partial charge in [0.05, 0.1) is 0 Å². The van der Waals surface area contributed by atoms with Gasteiger partial charge in [-0.2, -0.15) is 0 Å². The Morgan fingerprint density at radius 2 is 1.85 bits per heavy atom. The van der Waals surface area contributed by atoms with Gasteiger partial charge < -0.3 is 5.32 Å². The Hall–Kier alpha value is -1.00. The van der Waals surface area contributed by atoms with Crippen molar-refractivity contribution in [3.05, 3.63) is 35.4 Å². The number of rotatable bonds is 5. The van der Waals surface area contributed by atoms with E-state index in [1.54, 1.807) is 12.1 Å². The number of nitrogens with one attached hydrogen (secondary N) is 1. The van der Waals surface area contributed by atoms with Crippen LogP contribution in [-0.4, -0.2) is 31.1 Å². The first kappa shape index (κ1) is 15.4. The normalized spacial score (nSPS) is 18.4. The fraction of sp³-hybridized carbons (Fsp3) is 0.625. The molecule has 1 aromatic carbocycles. The molecule has 2 nitrogen and oxygen atoms in total. The molecule has 1 aliphatic rings. The molecule has 1 aromatic rings. The predicted octanol–water partition coefficient (Wildman–Crippen LogP) is 3.35. The molecule has 20 heavy (non-hydrogen) atoms. The quantitative estimate of drug-likeness (QED) is 0.891. The van der Waals surface area contributed by atoms with Crippen molar-refractivity contribution in [3.63, 3.8) is 0 Å². The molecule has 0 bridgehead atoms. The molecule has 1 saturated heterocycles. The van der Waals surface area contributed by atoms with E-state index in [0.29, 0.717) is 11.5 Å². The molecular formula is C16H24F2N2. The van der Waals surface area contributed by atoms with Crippen LogP contribution >= 0.6 is 0 Å². The van der Waals surface area contributed by atoms with Gasteiger partial charge in [-0.3, -0.25) is 4.90 Å². The number of nitrogens with zero attached hydrogens (tertiary/aromatic N) is 1. The minimum Gasteiger partial charge on any atom is -0.314 e. The summed E-state index contributed by atoms with van der Waals surface area (Å²) in [7, 11) is 0. The average molecular weight is 282 g/mol. The molecule has 0 amide bonds. The van der Waals surface area contributed by atoms with Crippen molar-refractivity contribution in [1.82, 2.24) is 10.2 Å². The van der Waals surface area contributed by atoms with Crippen molar-refractivity contribution in [2.45, 2.75) is 32.7 Å². The maximum absolute atomic E-state index is 14.1. The summed E-state index contributed by atoms with van der Waals surface area (Å²) in [6.07, 6.45) is 1.89. The summed E-state index contributed by atoms with van der Waals surface area (Å²) in [4.78, 5) is 2.27. The molecule has 1 aliphatic heterocycles. The van der Waals surface area contributed by atoms with E-state index < -0.39 is 11.6 Å². The average Bonchev–Trinajstić information content (AvgIpc) is 2.44. The third kappa shape index (κ3) is 3.76. The molecule has 1 N–H and O–H groups in total. The van der Waals surface area contributed by atoms with E-state index in [-0.39, 0.29) is 6.04 Å². The van der Waals surface area contributed by atoms with Crippen LogP contribution in [0.15, 0.2) is 18.2 Å². The van der Waals surface area contributed by atoms with Gasteiger partial charge in [0.2, 0.25) is 0 Å². The van der Waals surface area contributed by atoms with E-state index >= 15 is 0 Å². The summed E-state index contributed by atoms with van der Waals surface area (Å²) in [5, 5.41) is 3.30. The lowest BCUT2D eigenvalue weighted by Crippen LogP contribution is -2.45. The van der Waals surface area contributed by atoms with Gasteiger partial charge in [-0.1, -0.05) is 26.0 Å². The van der Waals surface area contributed by atoms with Crippen LogP contribution in [0.3, 0.4) is 0 Å². The second-order valence-corrected chi connectivity index (χ2v) is 5.92. The number of hydrogen-bond acceptors (Lipinski definition) is 2. The van der Waals surface area contributed by atoms with Crippen LogP contribution in [0.5, 0.6) is 0 Å². The highest BCUT2D eigenvalue weighted by atomic mass is 19.2. The lowest BCUT2D eigenvalue weighted by molar-refractivity contribution is 0.156. The SMILES string of the molecule is CC(C)CC[C@@H](c1cccc(F)c1F)N1CCNCC1. The molecular weight excluding hydrogens is 258 g/mol. The lowest BCUT2D eigenvalue weighted by Gasteiger charge is -2.35. The second kappa shape index (κ2) is 7.14. The third-order valence-corrected chi connectivity index (χ3v) is 3.95. The molecule has 4 heteroatoms. The minimum atomic E-state index is -0.743. The van der Waals surface area contributed by atoms with Crippen molar-refractivity contribution in [2.24, 2.45) is 5.92 Å². The number of benzene rings is 1. The highest BCUT2D eigenvalue weighted by Crippen LogP contribution is 2.30. The molecule has 2 rings (SSSR count). The number of halogens is 2. The van der Waals surface area contributed by atoms with Crippen molar-refractivity contribution in [2.75, 3.05) is 26.2 Å². The summed E-state index contributed by atoms with van der Waals surface area (Å²) < 4.78 is 27.6. The Labute approximate surface area is 120 Å². The largest absolute Gasteiger partial charge is 0.314 e. The molecule has 0 aromatic heterocycles. The smallest absolute Gasteiger partial charge is 0.163 e. The zero-order chi connectivity index (χ0) is 14.5. The van der Waals surface area contributed by atoms with Crippen LogP contribution in [0.2, 0.25) is 0 Å². The Morgan fingerprint density at radius 3 is 2.50 bits per heavy atom. The van der Waals surface area contributed by atoms with Crippen LogP contribution in [0.1, 0.15) is 38.3 Å². The second-order valence-electron chi connectivity index (χ2n) is 5.92. The van der Waals surface area contributed by atoms with Gasteiger partial charge in [0.25, 0.3) is 0 Å². The molecule has 0 aliphatic carbocycles. The van der Waals surface area contributed by atoms with E-state index in [4.69, 9.17) is 0 Å². The highest BCUT2D eigenvalue weighted by Gasteiger charge is 2.25. The van der Waals surface area contributed by atoms with Gasteiger partial charge in [-0.05, 0) is 24.8 Å². The first-order valence-corrected chi connectivity index (χ1v) is 7.48. The molecule has 1 atom stereocenters. The van der Waals surface area contributed by atoms with Gasteiger partial charge in [0.15, 0.2) is 11.6 Å². The summed E-state index contributed by atoms with van der Waals surface area (Å²) in [5.74, 6) is -0.857. The van der Waals surface area contributed by atoms with Crippen molar-refractivity contribution in [3.8, 4) is 0 Å². The first-order chi connectivity index (χ1) is 9.59. The first-order valence-electron chi connectivity index (χ1n) is 7.48. The van der Waals surface area contributed by atoms with Gasteiger partial charge in [-0.15, -0.1) is 0 Å². The Kier molecular flexibility index (Phi) is 5.49. The maximum Gasteiger partial charge on any atom is 0.163 e. The minimum absolute atomic E-state index is 0.0183. The number of hydrogen-bond donors (Lipinski definition) is 1. The molecule has 0 unspecified atom stereocenters. The Morgan fingerprint density at radius 1 is 1.15 bits per heavy atom. The Bertz CT molecular complexity index is 428. The summed E-state index contributed by atoms with van der Waals surface area (Å²) in [6.45, 7) is 7.93. The summed E-state index contributed by atoms with van der Waals surface area (Å²) in [5.41, 5.74) is 0.507. The summed E-state index contributed by atoms with van der Waals surface area (Å²) >= 11 is 0. The molecule has 112 valence electrons. The monoisotopic (exact) mass is 282 g/mol. The van der Waals surface area contributed by atoms with Gasteiger partial charge in [0, 0.05) is 37.8 Å². The van der Waals surface area contributed by atoms with Gasteiger partial charge >= 0.3 is 0 Å². The van der Waals surface area contributed by atoms with Crippen LogP contribution in [0, 0.1) is 17.6 Å². The maximum atomic E-state index is 14.1. The topological polar surface area (TPSA) is 15.3 Å². The van der Waals surface area contributed by atoms with Crippen LogP contribution in [-0.2, 0) is 0 Å². The standard InChI is InChI=1S/C16H24F2N2/c1-12(2)6-7-15(20-10-8-19-9-11-20)13-4-3-5-14(17)16(13)18/h3-5,12,15,19H,6-11H2,1-2H3/t15-/m0/s1. The van der Waals surface area contributed by atoms with Crippen molar-refractivity contribution >= 4 is 0 Å². The summed E-state index contributed by atoms with van der Waals surface area (Å²) in [6, 6.07) is 4.51. The number of piperazine rings is 1. The highest BCUT2D eigenvalue weighted by molar-refractivity contribution is 5.23. The predicted molar refractivity (Wildman–Crippen MR) is 77.6 cm³/mol. The van der Waals surface area contributed by atoms with Crippen LogP contribution in [0.25, 0.3) is 0 Å². The van der Waals surface area contributed by atoms with Crippen molar-refractivity contribution < 1.29 is 8.78 Å². The van der Waals surface area contributed by atoms with E-state index in [1.165, 1.54) is 6.07 Å². The molecule has 1 heterocycles. The van der Waals surface area contributed by atoms with E-state index in [9.17, 15) is 8.78 Å². The van der Waals surface area contributed by atoms with E-state index in [1.807, 2.05) is 0 Å².